The third-order valence-electron chi connectivity index (χ3n) is 2.85. The quantitative estimate of drug-likeness (QED) is 0.822. The van der Waals surface area contributed by atoms with Gasteiger partial charge in [0.05, 0.1) is 10.9 Å². The van der Waals surface area contributed by atoms with Gasteiger partial charge >= 0.3 is 0 Å². The molecule has 2 atom stereocenters. The molecule has 100 valence electrons. The number of carbonyl (C=O) groups is 1. The topological polar surface area (TPSA) is 55.1 Å². The molecule has 0 aliphatic carbocycles. The van der Waals surface area contributed by atoms with Crippen LogP contribution in [-0.2, 0) is 4.79 Å². The maximum Gasteiger partial charge on any atom is 0.242 e. The molecule has 0 unspecified atom stereocenters. The number of benzene rings is 1. The number of anilines is 1. The largest absolute Gasteiger partial charge is 0.324 e. The number of fused-ring (bicyclic) bond motifs is 1. The van der Waals surface area contributed by atoms with Crippen LogP contribution in [0.3, 0.4) is 0 Å². The Morgan fingerprint density at radius 3 is 2.68 bits per heavy atom. The highest BCUT2D eigenvalue weighted by Gasteiger charge is 2.31. The smallest absolute Gasteiger partial charge is 0.242 e. The van der Waals surface area contributed by atoms with Crippen LogP contribution in [0.15, 0.2) is 46.7 Å². The first kappa shape index (κ1) is 14.6. The van der Waals surface area contributed by atoms with E-state index in [1.807, 2.05) is 41.8 Å². The highest BCUT2D eigenvalue weighted by Crippen LogP contribution is 2.44. The second kappa shape index (κ2) is 6.09. The molecule has 3 N–H and O–H groups in total. The number of nitrogens with two attached hydrogens (primary N) is 1. The van der Waals surface area contributed by atoms with Crippen molar-refractivity contribution in [3.8, 4) is 0 Å². The van der Waals surface area contributed by atoms with Gasteiger partial charge in [-0.25, -0.2) is 0 Å². The minimum atomic E-state index is -0.527. The lowest BCUT2D eigenvalue weighted by molar-refractivity contribution is -0.117. The minimum absolute atomic E-state index is 0. The monoisotopic (exact) mass is 356 g/mol. The van der Waals surface area contributed by atoms with Crippen LogP contribution in [0.2, 0.25) is 0 Å². The lowest BCUT2D eigenvalue weighted by atomic mass is 10.1. The number of halogens is 1. The number of amides is 1. The Morgan fingerprint density at radius 1 is 1.16 bits per heavy atom. The van der Waals surface area contributed by atoms with Crippen LogP contribution < -0.4 is 11.1 Å². The third-order valence-corrected chi connectivity index (χ3v) is 5.37. The number of hydrogen-bond acceptors (Lipinski definition) is 4. The summed E-state index contributed by atoms with van der Waals surface area (Å²) >= 11 is 3.29. The van der Waals surface area contributed by atoms with Gasteiger partial charge in [0, 0.05) is 9.77 Å². The summed E-state index contributed by atoms with van der Waals surface area (Å²) in [5.74, 6) is -0.120. The van der Waals surface area contributed by atoms with Crippen LogP contribution >= 0.6 is 40.1 Å². The number of rotatable bonds is 1. The maximum atomic E-state index is 12.0. The highest BCUT2D eigenvalue weighted by molar-refractivity contribution is 8.93. The number of thioether (sulfide) groups is 1. The first-order chi connectivity index (χ1) is 8.75. The average Bonchev–Trinajstić information content (AvgIpc) is 2.86. The zero-order valence-corrected chi connectivity index (χ0v) is 13.3. The molecule has 3 rings (SSSR count). The summed E-state index contributed by atoms with van der Waals surface area (Å²) in [7, 11) is 0. The number of hydrogen-bond donors (Lipinski definition) is 2. The normalized spacial score (nSPS) is 21.8. The van der Waals surface area contributed by atoms with Gasteiger partial charge in [0.15, 0.2) is 0 Å². The Kier molecular flexibility index (Phi) is 4.67. The zero-order chi connectivity index (χ0) is 12.5. The summed E-state index contributed by atoms with van der Waals surface area (Å²) in [6.07, 6.45) is 0. The lowest BCUT2D eigenvalue weighted by Gasteiger charge is -2.17. The molecule has 1 amide bonds. The predicted molar refractivity (Wildman–Crippen MR) is 86.3 cm³/mol. The molecule has 2 heterocycles. The Morgan fingerprint density at radius 2 is 1.95 bits per heavy atom. The Hall–Kier alpha value is -0.820. The standard InChI is InChI=1S/C13H12N2OS2.BrH/c14-11-12(10-6-3-7-17-10)18-9-5-2-1-4-8(9)15-13(11)16;/h1-7,11-12H,14H2,(H,15,16);1H/t11-,12-;/m1./s1. The molecule has 0 radical (unpaired) electrons. The third kappa shape index (κ3) is 2.86. The van der Waals surface area contributed by atoms with Gasteiger partial charge in [0.2, 0.25) is 5.91 Å². The first-order valence-electron chi connectivity index (χ1n) is 5.61. The summed E-state index contributed by atoms with van der Waals surface area (Å²) in [5, 5.41) is 4.88. The zero-order valence-electron chi connectivity index (χ0n) is 9.91. The van der Waals surface area contributed by atoms with Gasteiger partial charge in [0.1, 0.15) is 6.04 Å². The van der Waals surface area contributed by atoms with E-state index in [1.54, 1.807) is 23.1 Å². The van der Waals surface area contributed by atoms with Crippen molar-refractivity contribution in [2.45, 2.75) is 16.2 Å². The fraction of sp³-hybridized carbons (Fsp3) is 0.154. The fourth-order valence-electron chi connectivity index (χ4n) is 1.92. The van der Waals surface area contributed by atoms with E-state index in [0.717, 1.165) is 15.5 Å². The molecule has 19 heavy (non-hydrogen) atoms. The van der Waals surface area contributed by atoms with E-state index in [9.17, 15) is 4.79 Å². The fourth-order valence-corrected chi connectivity index (χ4v) is 4.13. The van der Waals surface area contributed by atoms with Crippen molar-refractivity contribution in [2.75, 3.05) is 5.32 Å². The van der Waals surface area contributed by atoms with Gasteiger partial charge in [-0.2, -0.15) is 0 Å². The lowest BCUT2D eigenvalue weighted by Crippen LogP contribution is -2.38. The van der Waals surface area contributed by atoms with E-state index in [2.05, 4.69) is 5.32 Å². The van der Waals surface area contributed by atoms with Crippen LogP contribution in [0.4, 0.5) is 5.69 Å². The van der Waals surface area contributed by atoms with Crippen molar-refractivity contribution in [3.63, 3.8) is 0 Å². The van der Waals surface area contributed by atoms with Gasteiger partial charge in [-0.05, 0) is 23.6 Å². The Bertz CT molecular complexity index is 574. The second-order valence-electron chi connectivity index (χ2n) is 4.07. The maximum absolute atomic E-state index is 12.0. The number of nitrogens with one attached hydrogen (secondary N) is 1. The molecule has 0 fully saturated rings. The first-order valence-corrected chi connectivity index (χ1v) is 7.37. The van der Waals surface area contributed by atoms with E-state index in [4.69, 9.17) is 5.73 Å². The number of para-hydroxylation sites is 1. The molecule has 0 saturated heterocycles. The molecule has 1 aromatic heterocycles. The molecule has 6 heteroatoms. The number of thiophene rings is 1. The number of carbonyl (C=O) groups excluding carboxylic acids is 1. The van der Waals surface area contributed by atoms with Crippen molar-refractivity contribution in [1.82, 2.24) is 0 Å². The van der Waals surface area contributed by atoms with E-state index in [0.29, 0.717) is 0 Å². The van der Waals surface area contributed by atoms with Gasteiger partial charge in [-0.1, -0.05) is 18.2 Å². The van der Waals surface area contributed by atoms with Gasteiger partial charge in [-0.15, -0.1) is 40.1 Å². The van der Waals surface area contributed by atoms with Gasteiger partial charge in [-0.3, -0.25) is 4.79 Å². The molecular weight excluding hydrogens is 344 g/mol. The Balaban J connectivity index is 0.00000133. The molecule has 0 spiro atoms. The molecular formula is C13H13BrN2OS2. The van der Waals surface area contributed by atoms with Crippen LogP contribution in [-0.4, -0.2) is 11.9 Å². The highest BCUT2D eigenvalue weighted by atomic mass is 79.9. The van der Waals surface area contributed by atoms with Crippen LogP contribution in [0.25, 0.3) is 0 Å². The van der Waals surface area contributed by atoms with Crippen LogP contribution in [0.5, 0.6) is 0 Å². The molecule has 0 bridgehead atoms. The average molecular weight is 357 g/mol. The summed E-state index contributed by atoms with van der Waals surface area (Å²) in [5.41, 5.74) is 6.92. The molecule has 3 nitrogen and oxygen atoms in total. The summed E-state index contributed by atoms with van der Waals surface area (Å²) in [4.78, 5) is 14.2. The van der Waals surface area contributed by atoms with Crippen molar-refractivity contribution in [1.29, 1.82) is 0 Å². The Labute approximate surface area is 130 Å². The molecule has 1 aromatic carbocycles. The van der Waals surface area contributed by atoms with E-state index in [-0.39, 0.29) is 28.1 Å². The minimum Gasteiger partial charge on any atom is -0.324 e. The van der Waals surface area contributed by atoms with E-state index in [1.165, 1.54) is 0 Å². The van der Waals surface area contributed by atoms with Crippen molar-refractivity contribution in [3.05, 3.63) is 46.7 Å². The second-order valence-corrected chi connectivity index (χ2v) is 6.23. The van der Waals surface area contributed by atoms with Crippen LogP contribution in [0.1, 0.15) is 10.1 Å². The molecule has 0 saturated carbocycles. The summed E-state index contributed by atoms with van der Waals surface area (Å²) < 4.78 is 0. The van der Waals surface area contributed by atoms with Crippen molar-refractivity contribution < 1.29 is 4.79 Å². The predicted octanol–water partition coefficient (Wildman–Crippen LogP) is 3.44. The van der Waals surface area contributed by atoms with Crippen LogP contribution in [0, 0.1) is 0 Å². The van der Waals surface area contributed by atoms with E-state index >= 15 is 0 Å². The SMILES string of the molecule is Br.N[C@H]1C(=O)Nc2ccccc2S[C@@H]1c1cccs1. The molecule has 1 aliphatic rings. The summed E-state index contributed by atoms with van der Waals surface area (Å²) in [6, 6.07) is 11.3. The molecule has 1 aliphatic heterocycles. The molecule has 2 aromatic rings. The summed E-state index contributed by atoms with van der Waals surface area (Å²) in [6.45, 7) is 0. The van der Waals surface area contributed by atoms with E-state index < -0.39 is 6.04 Å². The van der Waals surface area contributed by atoms with Crippen molar-refractivity contribution >= 4 is 51.7 Å². The van der Waals surface area contributed by atoms with Crippen molar-refractivity contribution in [2.24, 2.45) is 5.73 Å². The van der Waals surface area contributed by atoms with Gasteiger partial charge in [0.25, 0.3) is 0 Å². The van der Waals surface area contributed by atoms with Gasteiger partial charge < -0.3 is 11.1 Å².